The van der Waals surface area contributed by atoms with E-state index in [9.17, 15) is 19.2 Å². The lowest BCUT2D eigenvalue weighted by atomic mass is 10.0. The van der Waals surface area contributed by atoms with E-state index >= 15 is 0 Å². The number of carbonyl (C=O) groups is 4. The Morgan fingerprint density at radius 1 is 0.605 bits per heavy atom. The van der Waals surface area contributed by atoms with Gasteiger partial charge in [0.1, 0.15) is 11.1 Å². The third kappa shape index (κ3) is 5.05. The van der Waals surface area contributed by atoms with Gasteiger partial charge < -0.3 is 38.4 Å². The molecule has 0 fully saturated rings. The summed E-state index contributed by atoms with van der Waals surface area (Å²) in [4.78, 5) is 49.7. The fourth-order valence-electron chi connectivity index (χ4n) is 3.80. The first-order valence-corrected chi connectivity index (χ1v) is 11.5. The third-order valence-corrected chi connectivity index (χ3v) is 5.45. The number of furan rings is 2. The molecule has 0 aliphatic carbocycles. The lowest BCUT2D eigenvalue weighted by Gasteiger charge is -2.08. The van der Waals surface area contributed by atoms with Crippen LogP contribution < -0.4 is 10.6 Å². The van der Waals surface area contributed by atoms with Crippen LogP contribution in [0.25, 0.3) is 22.6 Å². The highest BCUT2D eigenvalue weighted by Gasteiger charge is 2.33. The number of rotatable bonds is 10. The first-order chi connectivity index (χ1) is 18.3. The zero-order valence-corrected chi connectivity index (χ0v) is 21.8. The first-order valence-electron chi connectivity index (χ1n) is 11.5. The topological polar surface area (TPSA) is 156 Å². The smallest absolute Gasteiger partial charge is 0.374 e. The van der Waals surface area contributed by atoms with E-state index in [0.29, 0.717) is 24.2 Å². The van der Waals surface area contributed by atoms with E-state index in [1.165, 1.54) is 28.4 Å². The molecule has 1 aromatic carbocycles. The Balaban J connectivity index is 2.18. The molecule has 0 amide bonds. The van der Waals surface area contributed by atoms with Crippen molar-refractivity contribution in [2.45, 2.75) is 13.8 Å². The summed E-state index contributed by atoms with van der Waals surface area (Å²) in [7, 11) is 4.72. The van der Waals surface area contributed by atoms with E-state index < -0.39 is 23.9 Å². The molecule has 2 aromatic heterocycles. The standard InChI is InChI=1S/C26H28N2O10/c1-7-27-17-15(23(29)33-3)21(25(31)35-5)37-19(17)13-9-11-14(12-10-13)20-18(28-8-2)16(24(30)34-4)22(38-20)26(32)36-6/h9-12,27-28H,7-8H2,1-6H3. The molecule has 0 spiro atoms. The molecule has 2 N–H and O–H groups in total. The van der Waals surface area contributed by atoms with Crippen molar-refractivity contribution in [1.29, 1.82) is 0 Å². The summed E-state index contributed by atoms with van der Waals surface area (Å²) in [6.07, 6.45) is 0. The summed E-state index contributed by atoms with van der Waals surface area (Å²) in [6.45, 7) is 4.46. The third-order valence-electron chi connectivity index (χ3n) is 5.45. The number of carbonyl (C=O) groups excluding carboxylic acids is 4. The van der Waals surface area contributed by atoms with Gasteiger partial charge >= 0.3 is 23.9 Å². The summed E-state index contributed by atoms with van der Waals surface area (Å²) >= 11 is 0. The van der Waals surface area contributed by atoms with E-state index in [4.69, 9.17) is 27.8 Å². The molecule has 3 aromatic rings. The maximum absolute atomic E-state index is 12.5. The molecule has 0 bridgehead atoms. The molecule has 2 heterocycles. The second kappa shape index (κ2) is 12.0. The highest BCUT2D eigenvalue weighted by atomic mass is 16.5. The van der Waals surface area contributed by atoms with Crippen molar-refractivity contribution in [2.75, 3.05) is 52.2 Å². The number of anilines is 2. The maximum Gasteiger partial charge on any atom is 0.374 e. The van der Waals surface area contributed by atoms with Crippen LogP contribution in [0.5, 0.6) is 0 Å². The highest BCUT2D eigenvalue weighted by molar-refractivity contribution is 6.09. The van der Waals surface area contributed by atoms with E-state index in [2.05, 4.69) is 10.6 Å². The molecule has 38 heavy (non-hydrogen) atoms. The lowest BCUT2D eigenvalue weighted by molar-refractivity contribution is 0.0529. The first kappa shape index (κ1) is 27.8. The van der Waals surface area contributed by atoms with Crippen LogP contribution in [0.1, 0.15) is 55.7 Å². The van der Waals surface area contributed by atoms with Crippen LogP contribution in [0.15, 0.2) is 33.1 Å². The molecule has 3 rings (SSSR count). The van der Waals surface area contributed by atoms with Crippen LogP contribution >= 0.6 is 0 Å². The van der Waals surface area contributed by atoms with Gasteiger partial charge in [-0.25, -0.2) is 19.2 Å². The molecule has 0 radical (unpaired) electrons. The highest BCUT2D eigenvalue weighted by Crippen LogP contribution is 2.40. The molecular formula is C26H28N2O10. The van der Waals surface area contributed by atoms with Gasteiger partial charge in [-0.1, -0.05) is 24.3 Å². The number of esters is 4. The second-order valence-electron chi connectivity index (χ2n) is 7.62. The Labute approximate surface area is 218 Å². The summed E-state index contributed by atoms with van der Waals surface area (Å²) in [5.41, 5.74) is 1.35. The zero-order valence-electron chi connectivity index (χ0n) is 21.8. The van der Waals surface area contributed by atoms with Gasteiger partial charge in [0, 0.05) is 24.2 Å². The van der Waals surface area contributed by atoms with Crippen molar-refractivity contribution in [3.05, 3.63) is 46.9 Å². The minimum Gasteiger partial charge on any atom is -0.465 e. The Kier molecular flexibility index (Phi) is 8.79. The van der Waals surface area contributed by atoms with E-state index in [0.717, 1.165) is 0 Å². The van der Waals surface area contributed by atoms with Crippen LogP contribution in [0.3, 0.4) is 0 Å². The van der Waals surface area contributed by atoms with E-state index in [-0.39, 0.29) is 45.5 Å². The number of benzene rings is 1. The molecule has 0 saturated heterocycles. The summed E-state index contributed by atoms with van der Waals surface area (Å²) < 4.78 is 30.8. The quantitative estimate of drug-likeness (QED) is 0.286. The zero-order chi connectivity index (χ0) is 28.0. The molecular weight excluding hydrogens is 500 g/mol. The van der Waals surface area contributed by atoms with Crippen LogP contribution in [0.2, 0.25) is 0 Å². The Morgan fingerprint density at radius 3 is 1.18 bits per heavy atom. The molecule has 0 aliphatic heterocycles. The number of hydrogen-bond donors (Lipinski definition) is 2. The fraction of sp³-hybridized carbons (Fsp3) is 0.308. The van der Waals surface area contributed by atoms with Gasteiger partial charge in [-0.05, 0) is 13.8 Å². The number of methoxy groups -OCH3 is 4. The van der Waals surface area contributed by atoms with Crippen LogP contribution in [-0.2, 0) is 18.9 Å². The van der Waals surface area contributed by atoms with Crippen molar-refractivity contribution in [2.24, 2.45) is 0 Å². The number of nitrogens with one attached hydrogen (secondary N) is 2. The van der Waals surface area contributed by atoms with Gasteiger partial charge in [-0.3, -0.25) is 0 Å². The van der Waals surface area contributed by atoms with Crippen molar-refractivity contribution in [1.82, 2.24) is 0 Å². The van der Waals surface area contributed by atoms with Gasteiger partial charge in [0.2, 0.25) is 11.5 Å². The van der Waals surface area contributed by atoms with Crippen LogP contribution in [0, 0.1) is 0 Å². The minimum atomic E-state index is -0.844. The van der Waals surface area contributed by atoms with Crippen molar-refractivity contribution >= 4 is 35.3 Å². The van der Waals surface area contributed by atoms with Gasteiger partial charge in [-0.15, -0.1) is 0 Å². The maximum atomic E-state index is 12.5. The fourth-order valence-corrected chi connectivity index (χ4v) is 3.80. The van der Waals surface area contributed by atoms with Gasteiger partial charge in [0.25, 0.3) is 0 Å². The monoisotopic (exact) mass is 528 g/mol. The molecule has 202 valence electrons. The minimum absolute atomic E-state index is 0.0915. The second-order valence-corrected chi connectivity index (χ2v) is 7.62. The molecule has 0 saturated carbocycles. The van der Waals surface area contributed by atoms with Crippen LogP contribution in [-0.4, -0.2) is 65.4 Å². The Bertz CT molecular complexity index is 1250. The number of hydrogen-bond acceptors (Lipinski definition) is 12. The lowest BCUT2D eigenvalue weighted by Crippen LogP contribution is -2.12. The van der Waals surface area contributed by atoms with Gasteiger partial charge in [0.15, 0.2) is 11.5 Å². The molecule has 0 aliphatic rings. The molecule has 12 heteroatoms. The Morgan fingerprint density at radius 2 is 0.921 bits per heavy atom. The normalized spacial score (nSPS) is 10.5. The van der Waals surface area contributed by atoms with Crippen molar-refractivity contribution in [3.63, 3.8) is 0 Å². The average molecular weight is 529 g/mol. The summed E-state index contributed by atoms with van der Waals surface area (Å²) in [5.74, 6) is -3.44. The predicted molar refractivity (Wildman–Crippen MR) is 136 cm³/mol. The largest absolute Gasteiger partial charge is 0.465 e. The Hall–Kier alpha value is -4.74. The average Bonchev–Trinajstić information content (AvgIpc) is 3.51. The van der Waals surface area contributed by atoms with Crippen molar-refractivity contribution < 1.29 is 47.0 Å². The predicted octanol–water partition coefficient (Wildman–Crippen LogP) is 4.22. The summed E-state index contributed by atoms with van der Waals surface area (Å²) in [5, 5.41) is 6.09. The van der Waals surface area contributed by atoms with Gasteiger partial charge in [-0.2, -0.15) is 0 Å². The molecule has 12 nitrogen and oxygen atoms in total. The van der Waals surface area contributed by atoms with E-state index in [1.54, 1.807) is 24.3 Å². The molecule has 0 unspecified atom stereocenters. The summed E-state index contributed by atoms with van der Waals surface area (Å²) in [6, 6.07) is 6.63. The van der Waals surface area contributed by atoms with E-state index in [1.807, 2.05) is 13.8 Å². The molecule has 0 atom stereocenters. The number of ether oxygens (including phenoxy) is 4. The van der Waals surface area contributed by atoms with Gasteiger partial charge in [0.05, 0.1) is 39.8 Å². The van der Waals surface area contributed by atoms with Crippen LogP contribution in [0.4, 0.5) is 11.4 Å². The van der Waals surface area contributed by atoms with Crippen molar-refractivity contribution in [3.8, 4) is 22.6 Å². The SMILES string of the molecule is CCNc1c(-c2ccc(-c3oc(C(=O)OC)c(C(=O)OC)c3NCC)cc2)oc(C(=O)OC)c1C(=O)OC.